The molecule has 0 aliphatic carbocycles. The van der Waals surface area contributed by atoms with Crippen molar-refractivity contribution in [3.05, 3.63) is 25.3 Å². The number of unbranched alkanes of at least 4 members (excludes halogenated alkanes) is 2. The largest absolute Gasteiger partial charge is 0.353 e. The van der Waals surface area contributed by atoms with E-state index >= 15 is 0 Å². The molecule has 0 radical (unpaired) electrons. The molecule has 0 saturated heterocycles. The fraction of sp³-hybridized carbons (Fsp3) is 0.571. The zero-order chi connectivity index (χ0) is 16.6. The van der Waals surface area contributed by atoms with Crippen LogP contribution < -0.4 is 10.6 Å². The summed E-state index contributed by atoms with van der Waals surface area (Å²) < 4.78 is 21.5. The summed E-state index contributed by atoms with van der Waals surface area (Å²) in [5, 5.41) is 5.27. The van der Waals surface area contributed by atoms with Crippen molar-refractivity contribution in [2.24, 2.45) is 0 Å². The zero-order valence-electron chi connectivity index (χ0n) is 12.8. The molecule has 2 N–H and O–H groups in total. The molecule has 0 aromatic heterocycles. The highest BCUT2D eigenvalue weighted by molar-refractivity contribution is 7.33. The van der Waals surface area contributed by atoms with Crippen LogP contribution in [0.2, 0.25) is 0 Å². The van der Waals surface area contributed by atoms with Gasteiger partial charge in [0.15, 0.2) is 0 Å². The van der Waals surface area contributed by atoms with Gasteiger partial charge >= 0.3 is 8.25 Å². The molecule has 7 nitrogen and oxygen atoms in total. The van der Waals surface area contributed by atoms with Gasteiger partial charge in [-0.2, -0.15) is 0 Å². The minimum atomic E-state index is -2.46. The molecule has 0 aromatic rings. The molecular weight excluding hydrogens is 307 g/mol. The standard InChI is InChI=1S/C14H25N2O5P/c1-3-13(17)15-9-5-7-11-20-22(19)21-12-8-6-10-16-14(18)4-2/h3-4,22H,1-2,5-12H2,(H,15,17)(H,16,18). The number of nitrogens with one attached hydrogen (secondary N) is 2. The maximum atomic E-state index is 11.4. The van der Waals surface area contributed by atoms with Crippen LogP contribution in [0.5, 0.6) is 0 Å². The molecule has 0 fully saturated rings. The Labute approximate surface area is 132 Å². The predicted octanol–water partition coefficient (Wildman–Crippen LogP) is 1.57. The molecule has 0 heterocycles. The van der Waals surface area contributed by atoms with Crippen molar-refractivity contribution in [2.75, 3.05) is 26.3 Å². The Hall–Kier alpha value is -1.43. The Bertz CT molecular complexity index is 353. The van der Waals surface area contributed by atoms with E-state index in [0.717, 1.165) is 12.8 Å². The lowest BCUT2D eigenvalue weighted by Crippen LogP contribution is -2.22. The van der Waals surface area contributed by atoms with Crippen LogP contribution in [0.1, 0.15) is 25.7 Å². The molecule has 0 atom stereocenters. The van der Waals surface area contributed by atoms with Crippen molar-refractivity contribution < 1.29 is 23.2 Å². The Morgan fingerprint density at radius 3 is 1.64 bits per heavy atom. The summed E-state index contributed by atoms with van der Waals surface area (Å²) in [6.07, 6.45) is 5.27. The number of hydrogen-bond acceptors (Lipinski definition) is 5. The minimum absolute atomic E-state index is 0.206. The summed E-state index contributed by atoms with van der Waals surface area (Å²) >= 11 is 0. The molecule has 8 heteroatoms. The van der Waals surface area contributed by atoms with E-state index in [1.54, 1.807) is 0 Å². The summed E-state index contributed by atoms with van der Waals surface area (Å²) in [7, 11) is -2.46. The summed E-state index contributed by atoms with van der Waals surface area (Å²) in [5.74, 6) is -0.413. The van der Waals surface area contributed by atoms with Crippen LogP contribution in [0.15, 0.2) is 25.3 Å². The van der Waals surface area contributed by atoms with Gasteiger partial charge in [0.05, 0.1) is 13.2 Å². The maximum Gasteiger partial charge on any atom is 0.319 e. The molecule has 0 bridgehead atoms. The SMILES string of the molecule is C=CC(=O)NCCCCO[PH](=O)OCCCCNC(=O)C=C. The molecule has 0 aromatic carbocycles. The summed E-state index contributed by atoms with van der Waals surface area (Å²) in [4.78, 5) is 21.7. The highest BCUT2D eigenvalue weighted by Gasteiger charge is 2.00. The fourth-order valence-electron chi connectivity index (χ4n) is 1.37. The molecule has 22 heavy (non-hydrogen) atoms. The van der Waals surface area contributed by atoms with Gasteiger partial charge in [-0.3, -0.25) is 14.2 Å². The van der Waals surface area contributed by atoms with E-state index < -0.39 is 8.25 Å². The first-order chi connectivity index (χ1) is 10.6. The van der Waals surface area contributed by atoms with Gasteiger partial charge in [-0.25, -0.2) is 0 Å². The Kier molecular flexibility index (Phi) is 13.6. The normalized spacial score (nSPS) is 10.2. The van der Waals surface area contributed by atoms with Gasteiger partial charge in [0.1, 0.15) is 0 Å². The second-order valence-corrected chi connectivity index (χ2v) is 5.43. The topological polar surface area (TPSA) is 93.7 Å². The van der Waals surface area contributed by atoms with Crippen molar-refractivity contribution in [2.45, 2.75) is 25.7 Å². The average Bonchev–Trinajstić information content (AvgIpc) is 2.53. The van der Waals surface area contributed by atoms with Crippen molar-refractivity contribution in [3.8, 4) is 0 Å². The van der Waals surface area contributed by atoms with Crippen molar-refractivity contribution >= 4 is 20.1 Å². The smallest absolute Gasteiger partial charge is 0.319 e. The van der Waals surface area contributed by atoms with E-state index in [2.05, 4.69) is 23.8 Å². The van der Waals surface area contributed by atoms with Crippen LogP contribution in [0.3, 0.4) is 0 Å². The lowest BCUT2D eigenvalue weighted by Gasteiger charge is -2.06. The Morgan fingerprint density at radius 2 is 1.27 bits per heavy atom. The van der Waals surface area contributed by atoms with Gasteiger partial charge in [-0.05, 0) is 37.8 Å². The number of hydrogen-bond donors (Lipinski definition) is 2. The lowest BCUT2D eigenvalue weighted by molar-refractivity contribution is -0.117. The minimum Gasteiger partial charge on any atom is -0.353 e. The monoisotopic (exact) mass is 332 g/mol. The van der Waals surface area contributed by atoms with Gasteiger partial charge in [0.25, 0.3) is 0 Å². The first-order valence-corrected chi connectivity index (χ1v) is 8.42. The molecule has 0 aliphatic rings. The summed E-state index contributed by atoms with van der Waals surface area (Å²) in [5.41, 5.74) is 0. The Balaban J connectivity index is 3.32. The molecule has 0 unspecified atom stereocenters. The summed E-state index contributed by atoms with van der Waals surface area (Å²) in [6, 6.07) is 0. The summed E-state index contributed by atoms with van der Waals surface area (Å²) in [6.45, 7) is 8.42. The predicted molar refractivity (Wildman–Crippen MR) is 85.8 cm³/mol. The van der Waals surface area contributed by atoms with Crippen molar-refractivity contribution in [1.29, 1.82) is 0 Å². The van der Waals surface area contributed by atoms with Crippen LogP contribution in [-0.4, -0.2) is 38.1 Å². The van der Waals surface area contributed by atoms with Gasteiger partial charge in [-0.15, -0.1) is 0 Å². The van der Waals surface area contributed by atoms with E-state index in [4.69, 9.17) is 9.05 Å². The fourth-order valence-corrected chi connectivity index (χ4v) is 2.08. The van der Waals surface area contributed by atoms with E-state index in [9.17, 15) is 14.2 Å². The van der Waals surface area contributed by atoms with Crippen LogP contribution in [0.25, 0.3) is 0 Å². The van der Waals surface area contributed by atoms with Crippen LogP contribution in [0, 0.1) is 0 Å². The zero-order valence-corrected chi connectivity index (χ0v) is 13.8. The molecule has 2 amide bonds. The highest BCUT2D eigenvalue weighted by atomic mass is 31.1. The average molecular weight is 332 g/mol. The number of carbonyl (C=O) groups excluding carboxylic acids is 2. The van der Waals surface area contributed by atoms with Gasteiger partial charge in [0, 0.05) is 13.1 Å². The lowest BCUT2D eigenvalue weighted by atomic mass is 10.3. The molecule has 0 saturated carbocycles. The van der Waals surface area contributed by atoms with Crippen molar-refractivity contribution in [3.63, 3.8) is 0 Å². The van der Waals surface area contributed by atoms with E-state index in [0.29, 0.717) is 39.1 Å². The molecule has 0 aliphatic heterocycles. The van der Waals surface area contributed by atoms with E-state index in [1.807, 2.05) is 0 Å². The maximum absolute atomic E-state index is 11.4. The molecule has 126 valence electrons. The van der Waals surface area contributed by atoms with Crippen LogP contribution >= 0.6 is 8.25 Å². The third kappa shape index (κ3) is 13.5. The third-order valence-corrected chi connectivity index (χ3v) is 3.43. The molecule has 0 rings (SSSR count). The first-order valence-electron chi connectivity index (χ1n) is 7.20. The highest BCUT2D eigenvalue weighted by Crippen LogP contribution is 2.24. The number of amides is 2. The Morgan fingerprint density at radius 1 is 0.864 bits per heavy atom. The van der Waals surface area contributed by atoms with Gasteiger partial charge in [-0.1, -0.05) is 13.2 Å². The second kappa shape index (κ2) is 14.5. The van der Waals surface area contributed by atoms with E-state index in [1.165, 1.54) is 12.2 Å². The third-order valence-electron chi connectivity index (χ3n) is 2.55. The number of carbonyl (C=O) groups is 2. The van der Waals surface area contributed by atoms with E-state index in [-0.39, 0.29) is 11.8 Å². The van der Waals surface area contributed by atoms with Gasteiger partial charge < -0.3 is 19.7 Å². The van der Waals surface area contributed by atoms with Gasteiger partial charge in [0.2, 0.25) is 11.8 Å². The number of rotatable bonds is 14. The quantitative estimate of drug-likeness (QED) is 0.286. The molecular formula is C14H25N2O5P. The first kappa shape index (κ1) is 20.6. The second-order valence-electron chi connectivity index (χ2n) is 4.35. The molecule has 0 spiro atoms. The van der Waals surface area contributed by atoms with Crippen LogP contribution in [0.4, 0.5) is 0 Å². The van der Waals surface area contributed by atoms with Crippen LogP contribution in [-0.2, 0) is 23.2 Å². The van der Waals surface area contributed by atoms with Crippen molar-refractivity contribution in [1.82, 2.24) is 10.6 Å².